The number of nitrogens with zero attached hydrogens (tertiary/aromatic N) is 2. The minimum Gasteiger partial charge on any atom is -0.347 e. The number of nitrogens with one attached hydrogen (secondary N) is 1. The summed E-state index contributed by atoms with van der Waals surface area (Å²) >= 11 is 1.44. The fraction of sp³-hybridized carbons (Fsp3) is 0.438. The number of halogens is 1. The third kappa shape index (κ3) is 4.59. The summed E-state index contributed by atoms with van der Waals surface area (Å²) < 4.78 is 13.0. The summed E-state index contributed by atoms with van der Waals surface area (Å²) in [4.78, 5) is 11.4. The molecule has 1 unspecified atom stereocenters. The molecule has 0 aliphatic rings. The van der Waals surface area contributed by atoms with E-state index >= 15 is 0 Å². The van der Waals surface area contributed by atoms with Gasteiger partial charge in [-0.15, -0.1) is 10.2 Å². The van der Waals surface area contributed by atoms with Gasteiger partial charge in [-0.1, -0.05) is 37.5 Å². The number of rotatable bonds is 7. The first-order valence-electron chi connectivity index (χ1n) is 7.46. The van der Waals surface area contributed by atoms with E-state index in [4.69, 9.17) is 0 Å². The van der Waals surface area contributed by atoms with Crippen molar-refractivity contribution in [1.29, 1.82) is 0 Å². The molecule has 0 bridgehead atoms. The molecule has 0 radical (unpaired) electrons. The highest BCUT2D eigenvalue weighted by molar-refractivity contribution is 7.14. The highest BCUT2D eigenvalue weighted by Crippen LogP contribution is 2.29. The molecular formula is C16H20FN3OS. The first kappa shape index (κ1) is 16.5. The second kappa shape index (κ2) is 7.98. The van der Waals surface area contributed by atoms with E-state index in [-0.39, 0.29) is 17.8 Å². The topological polar surface area (TPSA) is 54.9 Å². The number of amides is 1. The molecule has 1 aromatic carbocycles. The van der Waals surface area contributed by atoms with E-state index in [0.717, 1.165) is 41.3 Å². The zero-order valence-corrected chi connectivity index (χ0v) is 13.6. The van der Waals surface area contributed by atoms with Crippen molar-refractivity contribution in [3.63, 3.8) is 0 Å². The van der Waals surface area contributed by atoms with Gasteiger partial charge < -0.3 is 5.32 Å². The number of hydrogen-bond donors (Lipinski definition) is 1. The molecule has 1 heterocycles. The third-order valence-corrected chi connectivity index (χ3v) is 4.39. The first-order chi connectivity index (χ1) is 10.6. The normalized spacial score (nSPS) is 12.1. The molecule has 0 aliphatic heterocycles. The number of benzene rings is 1. The Balaban J connectivity index is 2.14. The van der Waals surface area contributed by atoms with Crippen LogP contribution < -0.4 is 5.32 Å². The molecule has 2 rings (SSSR count). The second-order valence-electron chi connectivity index (χ2n) is 5.20. The van der Waals surface area contributed by atoms with Crippen molar-refractivity contribution in [3.05, 3.63) is 35.1 Å². The molecule has 1 N–H and O–H groups in total. The molecular weight excluding hydrogens is 301 g/mol. The van der Waals surface area contributed by atoms with Crippen LogP contribution >= 0.6 is 11.3 Å². The fourth-order valence-electron chi connectivity index (χ4n) is 2.19. The van der Waals surface area contributed by atoms with Gasteiger partial charge in [-0.25, -0.2) is 4.39 Å². The van der Waals surface area contributed by atoms with Crippen molar-refractivity contribution in [2.24, 2.45) is 0 Å². The van der Waals surface area contributed by atoms with Crippen LogP contribution in [-0.2, 0) is 4.79 Å². The molecule has 0 fully saturated rings. The molecule has 2 aromatic rings. The molecule has 4 nitrogen and oxygen atoms in total. The van der Waals surface area contributed by atoms with Crippen LogP contribution in [0.5, 0.6) is 0 Å². The number of hydrogen-bond acceptors (Lipinski definition) is 4. The summed E-state index contributed by atoms with van der Waals surface area (Å²) in [5.74, 6) is -0.343. The smallest absolute Gasteiger partial charge is 0.217 e. The Kier molecular flexibility index (Phi) is 6.00. The van der Waals surface area contributed by atoms with Crippen LogP contribution in [0.4, 0.5) is 4.39 Å². The van der Waals surface area contributed by atoms with Gasteiger partial charge in [-0.05, 0) is 30.7 Å². The Morgan fingerprint density at radius 2 is 2.00 bits per heavy atom. The average molecular weight is 321 g/mol. The number of carbonyl (C=O) groups excluding carboxylic acids is 1. The Bertz CT molecular complexity index is 612. The van der Waals surface area contributed by atoms with Crippen LogP contribution in [0.3, 0.4) is 0 Å². The van der Waals surface area contributed by atoms with Gasteiger partial charge in [0.05, 0.1) is 6.04 Å². The van der Waals surface area contributed by atoms with Gasteiger partial charge >= 0.3 is 0 Å². The van der Waals surface area contributed by atoms with Crippen LogP contribution in [0, 0.1) is 5.82 Å². The molecule has 0 saturated carbocycles. The van der Waals surface area contributed by atoms with Crippen molar-refractivity contribution in [1.82, 2.24) is 15.5 Å². The standard InChI is InChI=1S/C16H20FN3OS/c1-3-4-5-6-14(18-11(2)21)16-20-19-15(22-16)12-7-9-13(17)10-8-12/h7-10,14H,3-6H2,1-2H3,(H,18,21). The average Bonchev–Trinajstić information content (AvgIpc) is 2.96. The van der Waals surface area contributed by atoms with Crippen LogP contribution in [0.15, 0.2) is 24.3 Å². The third-order valence-electron chi connectivity index (χ3n) is 3.30. The maximum atomic E-state index is 13.0. The molecule has 0 aliphatic carbocycles. The highest BCUT2D eigenvalue weighted by atomic mass is 32.1. The van der Waals surface area contributed by atoms with E-state index in [9.17, 15) is 9.18 Å². The maximum Gasteiger partial charge on any atom is 0.217 e. The minimum absolute atomic E-state index is 0.0694. The zero-order valence-electron chi connectivity index (χ0n) is 12.8. The molecule has 22 heavy (non-hydrogen) atoms. The van der Waals surface area contributed by atoms with E-state index < -0.39 is 0 Å². The van der Waals surface area contributed by atoms with Gasteiger partial charge in [0.15, 0.2) is 0 Å². The predicted molar refractivity (Wildman–Crippen MR) is 86.0 cm³/mol. The van der Waals surface area contributed by atoms with E-state index in [2.05, 4.69) is 22.4 Å². The van der Waals surface area contributed by atoms with Crippen LogP contribution in [-0.4, -0.2) is 16.1 Å². The lowest BCUT2D eigenvalue weighted by atomic mass is 10.1. The zero-order chi connectivity index (χ0) is 15.9. The number of aromatic nitrogens is 2. The van der Waals surface area contributed by atoms with Gasteiger partial charge in [0, 0.05) is 12.5 Å². The number of unbranched alkanes of at least 4 members (excludes halogenated alkanes) is 2. The molecule has 0 spiro atoms. The van der Waals surface area contributed by atoms with Crippen molar-refractivity contribution >= 4 is 17.2 Å². The monoisotopic (exact) mass is 321 g/mol. The van der Waals surface area contributed by atoms with Gasteiger partial charge in [0.25, 0.3) is 0 Å². The van der Waals surface area contributed by atoms with Crippen LogP contribution in [0.1, 0.15) is 50.6 Å². The minimum atomic E-state index is -0.274. The fourth-order valence-corrected chi connectivity index (χ4v) is 3.12. The number of carbonyl (C=O) groups is 1. The lowest BCUT2D eigenvalue weighted by Gasteiger charge is -2.14. The van der Waals surface area contributed by atoms with Crippen molar-refractivity contribution < 1.29 is 9.18 Å². The maximum absolute atomic E-state index is 13.0. The summed E-state index contributed by atoms with van der Waals surface area (Å²) in [6.07, 6.45) is 4.14. The van der Waals surface area contributed by atoms with Gasteiger partial charge in [-0.2, -0.15) is 0 Å². The van der Waals surface area contributed by atoms with Gasteiger partial charge in [0.2, 0.25) is 5.91 Å². The summed E-state index contributed by atoms with van der Waals surface area (Å²) in [6.45, 7) is 3.65. The molecule has 118 valence electrons. The lowest BCUT2D eigenvalue weighted by Crippen LogP contribution is -2.25. The van der Waals surface area contributed by atoms with Crippen LogP contribution in [0.2, 0.25) is 0 Å². The van der Waals surface area contributed by atoms with Crippen molar-refractivity contribution in [3.8, 4) is 10.6 Å². The Morgan fingerprint density at radius 1 is 1.27 bits per heavy atom. The first-order valence-corrected chi connectivity index (χ1v) is 8.28. The van der Waals surface area contributed by atoms with E-state index in [1.807, 2.05) is 0 Å². The van der Waals surface area contributed by atoms with E-state index in [1.165, 1.54) is 30.4 Å². The van der Waals surface area contributed by atoms with Crippen LogP contribution in [0.25, 0.3) is 10.6 Å². The molecule has 6 heteroatoms. The van der Waals surface area contributed by atoms with Gasteiger partial charge in [-0.3, -0.25) is 4.79 Å². The summed E-state index contributed by atoms with van der Waals surface area (Å²) in [5.41, 5.74) is 0.834. The predicted octanol–water partition coefficient (Wildman–Crippen LogP) is 4.10. The molecule has 0 saturated heterocycles. The summed E-state index contributed by atoms with van der Waals surface area (Å²) in [5, 5.41) is 12.8. The molecule has 1 atom stereocenters. The quantitative estimate of drug-likeness (QED) is 0.781. The lowest BCUT2D eigenvalue weighted by molar-refractivity contribution is -0.119. The Labute approximate surface area is 133 Å². The highest BCUT2D eigenvalue weighted by Gasteiger charge is 2.18. The largest absolute Gasteiger partial charge is 0.347 e. The summed E-state index contributed by atoms with van der Waals surface area (Å²) in [6, 6.07) is 6.08. The van der Waals surface area contributed by atoms with E-state index in [1.54, 1.807) is 12.1 Å². The van der Waals surface area contributed by atoms with Crippen molar-refractivity contribution in [2.45, 2.75) is 45.6 Å². The Morgan fingerprint density at radius 3 is 2.64 bits per heavy atom. The van der Waals surface area contributed by atoms with Gasteiger partial charge in [0.1, 0.15) is 15.8 Å². The molecule has 1 amide bonds. The molecule has 1 aromatic heterocycles. The Hall–Kier alpha value is -1.82. The summed E-state index contributed by atoms with van der Waals surface area (Å²) in [7, 11) is 0. The van der Waals surface area contributed by atoms with Crippen molar-refractivity contribution in [2.75, 3.05) is 0 Å². The van der Waals surface area contributed by atoms with E-state index in [0.29, 0.717) is 0 Å². The second-order valence-corrected chi connectivity index (χ2v) is 6.21. The SMILES string of the molecule is CCCCCC(NC(C)=O)c1nnc(-c2ccc(F)cc2)s1.